The van der Waals surface area contributed by atoms with Gasteiger partial charge in [0.2, 0.25) is 0 Å². The number of carbonyl (C=O) groups excluding carboxylic acids is 1. The number of rotatable bonds is 4. The number of hydrogen-bond acceptors (Lipinski definition) is 5. The Hall–Kier alpha value is -1.40. The van der Waals surface area contributed by atoms with Crippen molar-refractivity contribution >= 4 is 17.0 Å². The molecule has 5 nitrogen and oxygen atoms in total. The topological polar surface area (TPSA) is 86.7 Å². The number of ether oxygens (including phenoxy) is 1. The number of carbonyl (C=O) groups is 1. The average Bonchev–Trinajstić information content (AvgIpc) is 2.27. The van der Waals surface area contributed by atoms with Crippen LogP contribution in [0.25, 0.3) is 0 Å². The van der Waals surface area contributed by atoms with Gasteiger partial charge in [-0.05, 0) is 24.6 Å². The van der Waals surface area contributed by atoms with Gasteiger partial charge in [-0.3, -0.25) is 9.00 Å². The predicted molar refractivity (Wildman–Crippen MR) is 61.3 cm³/mol. The van der Waals surface area contributed by atoms with Crippen LogP contribution in [0.4, 0.5) is 0 Å². The van der Waals surface area contributed by atoms with Gasteiger partial charge in [0.25, 0.3) is 0 Å². The van der Waals surface area contributed by atoms with Crippen LogP contribution in [0.2, 0.25) is 0 Å². The van der Waals surface area contributed by atoms with Gasteiger partial charge in [-0.15, -0.1) is 0 Å². The molecular formula is C11H13O5S-. The first-order valence-corrected chi connectivity index (χ1v) is 6.08. The van der Waals surface area contributed by atoms with Crippen molar-refractivity contribution in [3.05, 3.63) is 29.8 Å². The van der Waals surface area contributed by atoms with Crippen LogP contribution in [0.15, 0.2) is 24.3 Å². The third-order valence-electron chi connectivity index (χ3n) is 2.55. The zero-order valence-corrected chi connectivity index (χ0v) is 10.3. The van der Waals surface area contributed by atoms with Gasteiger partial charge in [0, 0.05) is 5.75 Å². The smallest absolute Gasteiger partial charge is 0.316 e. The van der Waals surface area contributed by atoms with Crippen LogP contribution in [-0.2, 0) is 26.0 Å². The van der Waals surface area contributed by atoms with E-state index in [1.807, 2.05) is 0 Å². The Kier molecular flexibility index (Phi) is 4.25. The van der Waals surface area contributed by atoms with Crippen molar-refractivity contribution in [1.29, 1.82) is 0 Å². The number of esters is 1. The highest BCUT2D eigenvalue weighted by Crippen LogP contribution is 2.27. The van der Waals surface area contributed by atoms with E-state index in [4.69, 9.17) is 5.11 Å². The molecule has 0 aliphatic heterocycles. The molecule has 1 rings (SSSR count). The highest BCUT2D eigenvalue weighted by molar-refractivity contribution is 7.79. The lowest BCUT2D eigenvalue weighted by atomic mass is 9.84. The number of phenolic OH excluding ortho intramolecular Hbond substituents is 1. The fourth-order valence-electron chi connectivity index (χ4n) is 1.55. The molecule has 2 atom stereocenters. The molecule has 0 radical (unpaired) electrons. The molecule has 0 spiro atoms. The summed E-state index contributed by atoms with van der Waals surface area (Å²) < 4.78 is 26.3. The zero-order chi connectivity index (χ0) is 13.1. The maximum Gasteiger partial charge on any atom is 0.316 e. The minimum Gasteiger partial charge on any atom is -0.772 e. The molecule has 0 saturated heterocycles. The Morgan fingerprint density at radius 2 is 2.00 bits per heavy atom. The molecule has 6 heteroatoms. The minimum absolute atomic E-state index is 0.0456. The lowest BCUT2D eigenvalue weighted by molar-refractivity contribution is -0.146. The number of phenols is 1. The molecule has 0 bridgehead atoms. The summed E-state index contributed by atoms with van der Waals surface area (Å²) in [5.41, 5.74) is -0.791. The highest BCUT2D eigenvalue weighted by Gasteiger charge is 2.36. The van der Waals surface area contributed by atoms with E-state index in [2.05, 4.69) is 4.74 Å². The van der Waals surface area contributed by atoms with Gasteiger partial charge in [0.1, 0.15) is 11.2 Å². The largest absolute Gasteiger partial charge is 0.772 e. The average molecular weight is 257 g/mol. The summed E-state index contributed by atoms with van der Waals surface area (Å²) in [7, 11) is 1.20. The molecule has 0 saturated carbocycles. The van der Waals surface area contributed by atoms with E-state index in [0.717, 1.165) is 0 Å². The zero-order valence-electron chi connectivity index (χ0n) is 9.50. The Labute approximate surface area is 102 Å². The number of hydrogen-bond donors (Lipinski definition) is 1. The summed E-state index contributed by atoms with van der Waals surface area (Å²) in [6, 6.07) is 5.78. The van der Waals surface area contributed by atoms with Crippen LogP contribution in [0.3, 0.4) is 0 Å². The van der Waals surface area contributed by atoms with E-state index < -0.39 is 22.5 Å². The molecule has 0 aromatic heterocycles. The molecular weight excluding hydrogens is 244 g/mol. The first kappa shape index (κ1) is 13.7. The van der Waals surface area contributed by atoms with Gasteiger partial charge >= 0.3 is 5.97 Å². The standard InChI is InChI=1S/C11H14O5S/c1-11(7-17(14)15,10(13)16-2)8-3-5-9(12)6-4-8/h3-6,12H,7H2,1-2H3,(H,14,15)/p-1. The lowest BCUT2D eigenvalue weighted by Gasteiger charge is -2.28. The van der Waals surface area contributed by atoms with Crippen LogP contribution in [-0.4, -0.2) is 32.7 Å². The molecule has 1 N–H and O–H groups in total. The molecule has 0 aliphatic carbocycles. The van der Waals surface area contributed by atoms with Crippen LogP contribution in [0.1, 0.15) is 12.5 Å². The highest BCUT2D eigenvalue weighted by atomic mass is 32.2. The molecule has 0 heterocycles. The summed E-state index contributed by atoms with van der Waals surface area (Å²) in [5.74, 6) is -0.957. The van der Waals surface area contributed by atoms with Crippen LogP contribution < -0.4 is 0 Å². The molecule has 1 aromatic rings. The maximum absolute atomic E-state index is 11.7. The lowest BCUT2D eigenvalue weighted by Crippen LogP contribution is -2.39. The molecule has 0 amide bonds. The van der Waals surface area contributed by atoms with Gasteiger partial charge in [-0.2, -0.15) is 0 Å². The van der Waals surface area contributed by atoms with Crippen molar-refractivity contribution in [3.8, 4) is 5.75 Å². The van der Waals surface area contributed by atoms with Crippen LogP contribution in [0, 0.1) is 0 Å². The fourth-order valence-corrected chi connectivity index (χ4v) is 2.31. The van der Waals surface area contributed by atoms with E-state index in [0.29, 0.717) is 5.56 Å². The summed E-state index contributed by atoms with van der Waals surface area (Å²) in [5, 5.41) is 9.16. The summed E-state index contributed by atoms with van der Waals surface area (Å²) in [6.45, 7) is 1.49. The van der Waals surface area contributed by atoms with E-state index in [9.17, 15) is 13.6 Å². The minimum atomic E-state index is -2.38. The number of methoxy groups -OCH3 is 1. The fraction of sp³-hybridized carbons (Fsp3) is 0.364. The first-order chi connectivity index (χ1) is 7.90. The number of aromatic hydroxyl groups is 1. The monoisotopic (exact) mass is 257 g/mol. The second-order valence-corrected chi connectivity index (χ2v) is 4.71. The molecule has 1 aromatic carbocycles. The van der Waals surface area contributed by atoms with Crippen molar-refractivity contribution < 1.29 is 23.4 Å². The molecule has 17 heavy (non-hydrogen) atoms. The van der Waals surface area contributed by atoms with Crippen molar-refractivity contribution in [2.45, 2.75) is 12.3 Å². The van der Waals surface area contributed by atoms with Gasteiger partial charge in [-0.25, -0.2) is 0 Å². The molecule has 0 aliphatic rings. The predicted octanol–water partition coefficient (Wildman–Crippen LogP) is 0.702. The maximum atomic E-state index is 11.7. The first-order valence-electron chi connectivity index (χ1n) is 4.84. The van der Waals surface area contributed by atoms with Crippen LogP contribution >= 0.6 is 0 Å². The normalized spacial score (nSPS) is 15.9. The Morgan fingerprint density at radius 3 is 2.41 bits per heavy atom. The SMILES string of the molecule is COC(=O)C(C)(CS(=O)[O-])c1ccc(O)cc1. The van der Waals surface area contributed by atoms with Gasteiger partial charge in [0.05, 0.1) is 7.11 Å². The Morgan fingerprint density at radius 1 is 1.47 bits per heavy atom. The van der Waals surface area contributed by atoms with Crippen molar-refractivity contribution in [3.63, 3.8) is 0 Å². The summed E-state index contributed by atoms with van der Waals surface area (Å²) in [4.78, 5) is 11.7. The molecule has 94 valence electrons. The van der Waals surface area contributed by atoms with E-state index in [1.165, 1.54) is 38.3 Å². The summed E-state index contributed by atoms with van der Waals surface area (Å²) >= 11 is -2.38. The van der Waals surface area contributed by atoms with Gasteiger partial charge in [0.15, 0.2) is 0 Å². The second kappa shape index (κ2) is 5.29. The van der Waals surface area contributed by atoms with E-state index >= 15 is 0 Å². The van der Waals surface area contributed by atoms with Crippen LogP contribution in [0.5, 0.6) is 5.75 Å². The third-order valence-corrected chi connectivity index (χ3v) is 3.36. The summed E-state index contributed by atoms with van der Waals surface area (Å²) in [6.07, 6.45) is 0. The van der Waals surface area contributed by atoms with Crippen molar-refractivity contribution in [2.75, 3.05) is 12.9 Å². The van der Waals surface area contributed by atoms with Crippen molar-refractivity contribution in [2.24, 2.45) is 0 Å². The molecule has 0 fully saturated rings. The third kappa shape index (κ3) is 3.04. The molecule has 2 unspecified atom stereocenters. The number of benzene rings is 1. The van der Waals surface area contributed by atoms with Gasteiger partial charge in [-0.1, -0.05) is 23.2 Å². The second-order valence-electron chi connectivity index (χ2n) is 3.82. The Bertz CT molecular complexity index is 428. The van der Waals surface area contributed by atoms with Gasteiger partial charge < -0.3 is 14.4 Å². The van der Waals surface area contributed by atoms with E-state index in [-0.39, 0.29) is 11.5 Å². The quantitative estimate of drug-likeness (QED) is 0.634. The Balaban J connectivity index is 3.18. The van der Waals surface area contributed by atoms with E-state index in [1.54, 1.807) is 0 Å². The van der Waals surface area contributed by atoms with Crippen molar-refractivity contribution in [1.82, 2.24) is 0 Å².